The first-order valence-corrected chi connectivity index (χ1v) is 6.11. The zero-order chi connectivity index (χ0) is 11.1. The maximum atomic E-state index is 5.84. The summed E-state index contributed by atoms with van der Waals surface area (Å²) in [4.78, 5) is 5.07. The quantitative estimate of drug-likeness (QED) is 0.748. The summed E-state index contributed by atoms with van der Waals surface area (Å²) < 4.78 is 0. The molecule has 1 heterocycles. The molecule has 15 heavy (non-hydrogen) atoms. The van der Waals surface area contributed by atoms with Crippen LogP contribution in [0.3, 0.4) is 0 Å². The normalized spacial score (nSPS) is 30.4. The molecular formula is C12H25N3. The Kier molecular flexibility index (Phi) is 2.82. The van der Waals surface area contributed by atoms with Gasteiger partial charge in [-0.05, 0) is 45.7 Å². The van der Waals surface area contributed by atoms with Crippen LogP contribution >= 0.6 is 0 Å². The predicted molar refractivity (Wildman–Crippen MR) is 63.9 cm³/mol. The standard InChI is InChI=1S/C12H25N3/c1-11(2)9-15(7-6-14(11)3)10-12(8-13)4-5-12/h4-10,13H2,1-3H3. The number of piperazine rings is 1. The Labute approximate surface area is 93.6 Å². The van der Waals surface area contributed by atoms with Crippen molar-refractivity contribution >= 4 is 0 Å². The molecule has 0 aromatic heterocycles. The Morgan fingerprint density at radius 1 is 1.20 bits per heavy atom. The van der Waals surface area contributed by atoms with E-state index in [0.717, 1.165) is 6.54 Å². The monoisotopic (exact) mass is 211 g/mol. The summed E-state index contributed by atoms with van der Waals surface area (Å²) in [6.45, 7) is 10.4. The highest BCUT2D eigenvalue weighted by Gasteiger charge is 2.44. The summed E-state index contributed by atoms with van der Waals surface area (Å²) in [7, 11) is 2.23. The minimum atomic E-state index is 0.322. The van der Waals surface area contributed by atoms with Crippen molar-refractivity contribution in [1.82, 2.24) is 9.80 Å². The van der Waals surface area contributed by atoms with Crippen LogP contribution in [0.2, 0.25) is 0 Å². The Morgan fingerprint density at radius 3 is 2.33 bits per heavy atom. The number of nitrogens with two attached hydrogens (primary N) is 1. The molecule has 0 spiro atoms. The van der Waals surface area contributed by atoms with Crippen molar-refractivity contribution in [3.63, 3.8) is 0 Å². The number of likely N-dealkylation sites (N-methyl/N-ethyl adjacent to an activating group) is 1. The summed E-state index contributed by atoms with van der Waals surface area (Å²) in [6, 6.07) is 0. The van der Waals surface area contributed by atoms with Crippen molar-refractivity contribution in [2.24, 2.45) is 11.1 Å². The van der Waals surface area contributed by atoms with E-state index in [1.165, 1.54) is 39.0 Å². The maximum absolute atomic E-state index is 5.84. The van der Waals surface area contributed by atoms with Gasteiger partial charge in [-0.25, -0.2) is 0 Å². The van der Waals surface area contributed by atoms with Crippen molar-refractivity contribution in [1.29, 1.82) is 0 Å². The van der Waals surface area contributed by atoms with Gasteiger partial charge >= 0.3 is 0 Å². The third-order valence-electron chi connectivity index (χ3n) is 4.34. The molecule has 1 saturated heterocycles. The van der Waals surface area contributed by atoms with Gasteiger partial charge in [0.05, 0.1) is 0 Å². The highest BCUT2D eigenvalue weighted by molar-refractivity contribution is 4.99. The molecule has 1 saturated carbocycles. The first-order valence-electron chi connectivity index (χ1n) is 6.11. The zero-order valence-corrected chi connectivity index (χ0v) is 10.4. The fourth-order valence-corrected chi connectivity index (χ4v) is 2.55. The van der Waals surface area contributed by atoms with Gasteiger partial charge in [-0.15, -0.1) is 0 Å². The summed E-state index contributed by atoms with van der Waals surface area (Å²) in [6.07, 6.45) is 2.69. The minimum Gasteiger partial charge on any atom is -0.330 e. The molecule has 0 bridgehead atoms. The first kappa shape index (κ1) is 11.4. The van der Waals surface area contributed by atoms with Crippen molar-refractivity contribution in [2.45, 2.75) is 32.2 Å². The zero-order valence-electron chi connectivity index (χ0n) is 10.4. The Morgan fingerprint density at radius 2 is 1.87 bits per heavy atom. The lowest BCUT2D eigenvalue weighted by Gasteiger charge is -2.46. The van der Waals surface area contributed by atoms with Crippen molar-refractivity contribution in [3.8, 4) is 0 Å². The number of hydrogen-bond acceptors (Lipinski definition) is 3. The van der Waals surface area contributed by atoms with E-state index < -0.39 is 0 Å². The molecular weight excluding hydrogens is 186 g/mol. The molecule has 2 N–H and O–H groups in total. The van der Waals surface area contributed by atoms with E-state index in [1.807, 2.05) is 0 Å². The second-order valence-electron chi connectivity index (χ2n) is 6.15. The predicted octanol–water partition coefficient (Wildman–Crippen LogP) is 0.751. The topological polar surface area (TPSA) is 32.5 Å². The summed E-state index contributed by atoms with van der Waals surface area (Å²) in [5.74, 6) is 0. The Bertz CT molecular complexity index is 231. The summed E-state index contributed by atoms with van der Waals surface area (Å²) in [5, 5.41) is 0. The molecule has 0 atom stereocenters. The van der Waals surface area contributed by atoms with Gasteiger partial charge in [-0.2, -0.15) is 0 Å². The van der Waals surface area contributed by atoms with Gasteiger partial charge in [-0.1, -0.05) is 0 Å². The Balaban J connectivity index is 1.90. The molecule has 2 fully saturated rings. The third kappa shape index (κ3) is 2.35. The van der Waals surface area contributed by atoms with Gasteiger partial charge in [0, 0.05) is 31.7 Å². The largest absolute Gasteiger partial charge is 0.330 e. The van der Waals surface area contributed by atoms with Crippen LogP contribution in [0.1, 0.15) is 26.7 Å². The minimum absolute atomic E-state index is 0.322. The molecule has 0 unspecified atom stereocenters. The highest BCUT2D eigenvalue weighted by Crippen LogP contribution is 2.45. The molecule has 1 aliphatic carbocycles. The van der Waals surface area contributed by atoms with E-state index in [0.29, 0.717) is 11.0 Å². The van der Waals surface area contributed by atoms with Crippen molar-refractivity contribution in [2.75, 3.05) is 39.8 Å². The lowest BCUT2D eigenvalue weighted by atomic mass is 9.98. The van der Waals surface area contributed by atoms with E-state index >= 15 is 0 Å². The summed E-state index contributed by atoms with van der Waals surface area (Å²) >= 11 is 0. The van der Waals surface area contributed by atoms with Crippen LogP contribution in [0.25, 0.3) is 0 Å². The maximum Gasteiger partial charge on any atom is 0.0277 e. The van der Waals surface area contributed by atoms with Crippen LogP contribution in [0, 0.1) is 5.41 Å². The highest BCUT2D eigenvalue weighted by atomic mass is 15.3. The Hall–Kier alpha value is -0.120. The number of rotatable bonds is 3. The van der Waals surface area contributed by atoms with Gasteiger partial charge in [-0.3, -0.25) is 9.80 Å². The lowest BCUT2D eigenvalue weighted by Crippen LogP contribution is -2.58. The number of hydrogen-bond donors (Lipinski definition) is 1. The molecule has 3 heteroatoms. The molecule has 0 aromatic carbocycles. The van der Waals surface area contributed by atoms with Gasteiger partial charge in [0.1, 0.15) is 0 Å². The average Bonchev–Trinajstić information content (AvgIpc) is 2.92. The second kappa shape index (κ2) is 3.72. The molecule has 1 aliphatic heterocycles. The van der Waals surface area contributed by atoms with Crippen LogP contribution in [-0.2, 0) is 0 Å². The molecule has 88 valence electrons. The molecule has 2 rings (SSSR count). The van der Waals surface area contributed by atoms with E-state index in [1.54, 1.807) is 0 Å². The van der Waals surface area contributed by atoms with Gasteiger partial charge < -0.3 is 5.73 Å². The average molecular weight is 211 g/mol. The van der Waals surface area contributed by atoms with Crippen molar-refractivity contribution < 1.29 is 0 Å². The van der Waals surface area contributed by atoms with Crippen molar-refractivity contribution in [3.05, 3.63) is 0 Å². The van der Waals surface area contributed by atoms with Gasteiger partial charge in [0.25, 0.3) is 0 Å². The fraction of sp³-hybridized carbons (Fsp3) is 1.00. The summed E-state index contributed by atoms with van der Waals surface area (Å²) in [5.41, 5.74) is 6.66. The molecule has 3 nitrogen and oxygen atoms in total. The second-order valence-corrected chi connectivity index (χ2v) is 6.15. The van der Waals surface area contributed by atoms with Gasteiger partial charge in [0.2, 0.25) is 0 Å². The van der Waals surface area contributed by atoms with Crippen LogP contribution < -0.4 is 5.73 Å². The first-order chi connectivity index (χ1) is 6.97. The van der Waals surface area contributed by atoms with Crippen LogP contribution in [0.4, 0.5) is 0 Å². The van der Waals surface area contributed by atoms with Crippen LogP contribution in [-0.4, -0.2) is 55.1 Å². The lowest BCUT2D eigenvalue weighted by molar-refractivity contribution is 0.0303. The SMILES string of the molecule is CN1CCN(CC2(CN)CC2)CC1(C)C. The molecule has 0 amide bonds. The smallest absolute Gasteiger partial charge is 0.0277 e. The van der Waals surface area contributed by atoms with Crippen LogP contribution in [0.5, 0.6) is 0 Å². The van der Waals surface area contributed by atoms with E-state index in [9.17, 15) is 0 Å². The van der Waals surface area contributed by atoms with E-state index in [4.69, 9.17) is 5.73 Å². The van der Waals surface area contributed by atoms with E-state index in [2.05, 4.69) is 30.7 Å². The number of nitrogens with zero attached hydrogens (tertiary/aromatic N) is 2. The molecule has 0 radical (unpaired) electrons. The van der Waals surface area contributed by atoms with E-state index in [-0.39, 0.29) is 0 Å². The van der Waals surface area contributed by atoms with Crippen LogP contribution in [0.15, 0.2) is 0 Å². The molecule has 0 aromatic rings. The van der Waals surface area contributed by atoms with Gasteiger partial charge in [0.15, 0.2) is 0 Å². The fourth-order valence-electron chi connectivity index (χ4n) is 2.55. The third-order valence-corrected chi connectivity index (χ3v) is 4.34. The molecule has 2 aliphatic rings.